The van der Waals surface area contributed by atoms with E-state index in [1.165, 1.54) is 5.32 Å². The quantitative estimate of drug-likeness (QED) is 0.456. The van der Waals surface area contributed by atoms with Crippen molar-refractivity contribution in [1.29, 1.82) is 0 Å². The van der Waals surface area contributed by atoms with Crippen molar-refractivity contribution in [2.75, 3.05) is 11.9 Å². The fraction of sp³-hybridized carbons (Fsp3) is 0.227. The predicted molar refractivity (Wildman–Crippen MR) is 113 cm³/mol. The number of amides is 2. The molecular formula is C22H17F3N4O6. The number of carboxylic acid groups (broad SMARTS) is 1. The molecule has 4 rings (SSSR count). The minimum absolute atomic E-state index is 0.0680. The lowest BCUT2D eigenvalue weighted by atomic mass is 9.98. The Bertz CT molecular complexity index is 1230. The first-order valence-corrected chi connectivity index (χ1v) is 10.2. The summed E-state index contributed by atoms with van der Waals surface area (Å²) < 4.78 is 48.7. The van der Waals surface area contributed by atoms with Crippen LogP contribution in [0.1, 0.15) is 34.0 Å². The zero-order chi connectivity index (χ0) is 25.2. The van der Waals surface area contributed by atoms with E-state index in [0.29, 0.717) is 0 Å². The van der Waals surface area contributed by atoms with Gasteiger partial charge in [-0.25, -0.2) is 9.42 Å². The van der Waals surface area contributed by atoms with Crippen molar-refractivity contribution < 1.29 is 42.0 Å². The zero-order valence-corrected chi connectivity index (χ0v) is 17.7. The van der Waals surface area contributed by atoms with Gasteiger partial charge in [-0.05, 0) is 32.6 Å². The Kier molecular flexibility index (Phi) is 6.40. The van der Waals surface area contributed by atoms with E-state index in [4.69, 9.17) is 9.84 Å². The number of fused-ring (bicyclic) bond motifs is 3. The van der Waals surface area contributed by atoms with Crippen molar-refractivity contribution in [2.45, 2.75) is 24.6 Å². The van der Waals surface area contributed by atoms with Crippen LogP contribution in [0, 0.1) is 0 Å². The largest absolute Gasteiger partial charge is 0.481 e. The lowest BCUT2D eigenvalue weighted by Gasteiger charge is -2.19. The van der Waals surface area contributed by atoms with Gasteiger partial charge in [-0.15, -0.1) is 0 Å². The molecule has 35 heavy (non-hydrogen) atoms. The second-order valence-corrected chi connectivity index (χ2v) is 7.58. The molecule has 3 aromatic rings. The van der Waals surface area contributed by atoms with Crippen molar-refractivity contribution in [2.24, 2.45) is 0 Å². The Morgan fingerprint density at radius 1 is 1.03 bits per heavy atom. The fourth-order valence-corrected chi connectivity index (χ4v) is 3.80. The molecule has 1 heterocycles. The van der Waals surface area contributed by atoms with Gasteiger partial charge in [0.2, 0.25) is 11.5 Å². The predicted octanol–water partition coefficient (Wildman–Crippen LogP) is 3.57. The summed E-state index contributed by atoms with van der Waals surface area (Å²) in [6.07, 6.45) is -7.49. The molecule has 1 aliphatic carbocycles. The average molecular weight is 490 g/mol. The molecule has 182 valence electrons. The molecule has 0 saturated heterocycles. The Labute approximate surface area is 195 Å². The van der Waals surface area contributed by atoms with Crippen LogP contribution < -0.4 is 10.6 Å². The van der Waals surface area contributed by atoms with Crippen LogP contribution in [0.5, 0.6) is 0 Å². The summed E-state index contributed by atoms with van der Waals surface area (Å²) in [4.78, 5) is 35.3. The summed E-state index contributed by atoms with van der Waals surface area (Å²) in [5.41, 5.74) is 3.16. The molecule has 10 nitrogen and oxygen atoms in total. The third-order valence-electron chi connectivity index (χ3n) is 5.35. The maximum atomic E-state index is 13.0. The third-order valence-corrected chi connectivity index (χ3v) is 5.35. The molecule has 2 aromatic carbocycles. The van der Waals surface area contributed by atoms with Gasteiger partial charge >= 0.3 is 18.2 Å². The smallest absolute Gasteiger partial charge is 0.412 e. The summed E-state index contributed by atoms with van der Waals surface area (Å²) in [6, 6.07) is 12.6. The number of benzene rings is 2. The van der Waals surface area contributed by atoms with Gasteiger partial charge in [-0.1, -0.05) is 48.5 Å². The van der Waals surface area contributed by atoms with Crippen LogP contribution in [0.4, 0.5) is 23.8 Å². The average Bonchev–Trinajstić information content (AvgIpc) is 3.39. The summed E-state index contributed by atoms with van der Waals surface area (Å²) in [7, 11) is 0. The number of ether oxygens (including phenoxy) is 1. The van der Waals surface area contributed by atoms with Crippen LogP contribution in [0.25, 0.3) is 11.1 Å². The molecule has 13 heteroatoms. The molecule has 2 amide bonds. The van der Waals surface area contributed by atoms with E-state index < -0.39 is 48.1 Å². The number of halogens is 3. The van der Waals surface area contributed by atoms with Crippen LogP contribution in [0.15, 0.2) is 53.2 Å². The Morgan fingerprint density at radius 3 is 2.20 bits per heavy atom. The van der Waals surface area contributed by atoms with Crippen LogP contribution in [0.3, 0.4) is 0 Å². The summed E-state index contributed by atoms with van der Waals surface area (Å²) >= 11 is 0. The highest BCUT2D eigenvalue weighted by molar-refractivity contribution is 5.99. The molecule has 0 fully saturated rings. The SMILES string of the molecule is O=C(O)CC(NC(=O)c1nonc1NC(=O)OCC1c2ccccc2-c2ccccc21)C(F)(F)F. The van der Waals surface area contributed by atoms with Crippen LogP contribution in [0.2, 0.25) is 0 Å². The van der Waals surface area contributed by atoms with Gasteiger partial charge in [-0.2, -0.15) is 13.2 Å². The summed E-state index contributed by atoms with van der Waals surface area (Å²) in [5.74, 6) is -4.06. The molecule has 0 spiro atoms. The summed E-state index contributed by atoms with van der Waals surface area (Å²) in [5, 5.41) is 18.8. The van der Waals surface area contributed by atoms with Crippen molar-refractivity contribution in [3.8, 4) is 11.1 Å². The molecule has 1 atom stereocenters. The highest BCUT2D eigenvalue weighted by Crippen LogP contribution is 2.44. The number of carbonyl (C=O) groups excluding carboxylic acids is 2. The van der Waals surface area contributed by atoms with Crippen LogP contribution in [-0.4, -0.2) is 52.2 Å². The van der Waals surface area contributed by atoms with Crippen molar-refractivity contribution in [3.63, 3.8) is 0 Å². The van der Waals surface area contributed by atoms with Gasteiger partial charge in [0.1, 0.15) is 12.6 Å². The molecule has 3 N–H and O–H groups in total. The minimum Gasteiger partial charge on any atom is -0.481 e. The van der Waals surface area contributed by atoms with Gasteiger partial charge in [0.05, 0.1) is 6.42 Å². The van der Waals surface area contributed by atoms with Crippen molar-refractivity contribution in [1.82, 2.24) is 15.6 Å². The number of nitrogens with zero attached hydrogens (tertiary/aromatic N) is 2. The Morgan fingerprint density at radius 2 is 1.63 bits per heavy atom. The van der Waals surface area contributed by atoms with Crippen LogP contribution in [-0.2, 0) is 9.53 Å². The van der Waals surface area contributed by atoms with Gasteiger partial charge in [0.15, 0.2) is 0 Å². The van der Waals surface area contributed by atoms with Gasteiger partial charge < -0.3 is 15.2 Å². The van der Waals surface area contributed by atoms with E-state index in [1.807, 2.05) is 48.5 Å². The Hall–Kier alpha value is -4.42. The normalized spacial score (nSPS) is 13.5. The second-order valence-electron chi connectivity index (χ2n) is 7.58. The monoisotopic (exact) mass is 490 g/mol. The molecule has 0 aliphatic heterocycles. The van der Waals surface area contributed by atoms with E-state index in [0.717, 1.165) is 22.3 Å². The van der Waals surface area contributed by atoms with Crippen LogP contribution >= 0.6 is 0 Å². The number of carbonyl (C=O) groups is 3. The lowest BCUT2D eigenvalue weighted by molar-refractivity contribution is -0.165. The number of alkyl halides is 3. The molecule has 0 bridgehead atoms. The number of aromatic nitrogens is 2. The topological polar surface area (TPSA) is 144 Å². The maximum absolute atomic E-state index is 13.0. The molecule has 1 unspecified atom stereocenters. The molecule has 0 radical (unpaired) electrons. The molecule has 0 saturated carbocycles. The van der Waals surface area contributed by atoms with E-state index in [2.05, 4.69) is 20.3 Å². The van der Waals surface area contributed by atoms with E-state index in [9.17, 15) is 27.6 Å². The first-order valence-electron chi connectivity index (χ1n) is 10.2. The molecule has 1 aliphatic rings. The zero-order valence-electron chi connectivity index (χ0n) is 17.7. The standard InChI is InChI=1S/C22H17F3N4O6/c23-22(24,25)16(9-17(30)31)26-20(32)18-19(29-35-28-18)27-21(33)34-10-15-13-7-3-1-5-11(13)12-6-2-4-8-14(12)15/h1-8,15-16H,9-10H2,(H,26,32)(H,30,31)(H,27,29,33). The van der Waals surface area contributed by atoms with Gasteiger partial charge in [0, 0.05) is 5.92 Å². The number of carboxylic acids is 1. The third kappa shape index (κ3) is 5.08. The van der Waals surface area contributed by atoms with Crippen molar-refractivity contribution >= 4 is 23.8 Å². The van der Waals surface area contributed by atoms with E-state index in [1.54, 1.807) is 0 Å². The van der Waals surface area contributed by atoms with Gasteiger partial charge in [0.25, 0.3) is 5.91 Å². The lowest BCUT2D eigenvalue weighted by Crippen LogP contribution is -2.46. The molecule has 1 aromatic heterocycles. The van der Waals surface area contributed by atoms with E-state index >= 15 is 0 Å². The van der Waals surface area contributed by atoms with E-state index in [-0.39, 0.29) is 12.5 Å². The number of hydrogen-bond acceptors (Lipinski definition) is 7. The van der Waals surface area contributed by atoms with Crippen molar-refractivity contribution in [3.05, 3.63) is 65.4 Å². The highest BCUT2D eigenvalue weighted by Gasteiger charge is 2.43. The van der Waals surface area contributed by atoms with Gasteiger partial charge in [-0.3, -0.25) is 14.9 Å². The fourth-order valence-electron chi connectivity index (χ4n) is 3.80. The number of aliphatic carboxylic acids is 1. The maximum Gasteiger partial charge on any atom is 0.412 e. The number of anilines is 1. The number of rotatable bonds is 7. The highest BCUT2D eigenvalue weighted by atomic mass is 19.4. The first kappa shape index (κ1) is 23.7. The second kappa shape index (κ2) is 9.44. The number of hydrogen-bond donors (Lipinski definition) is 3. The summed E-state index contributed by atoms with van der Waals surface area (Å²) in [6.45, 7) is -0.0680. The Balaban J connectivity index is 1.42. The first-order chi connectivity index (χ1) is 16.6. The minimum atomic E-state index is -5.04. The number of nitrogens with one attached hydrogen (secondary N) is 2. The molecular weight excluding hydrogens is 473 g/mol.